The highest BCUT2D eigenvalue weighted by atomic mass is 16.5. The number of hydrogen-bond acceptors (Lipinski definition) is 3. The third-order valence-electron chi connectivity index (χ3n) is 5.53. The topological polar surface area (TPSA) is 60.6 Å². The largest absolute Gasteiger partial charge is 0.497 e. The van der Waals surface area contributed by atoms with Crippen LogP contribution in [0.4, 0.5) is 10.5 Å². The van der Waals surface area contributed by atoms with Crippen molar-refractivity contribution in [3.8, 4) is 5.75 Å². The highest BCUT2D eigenvalue weighted by Gasteiger charge is 2.23. The van der Waals surface area contributed by atoms with Crippen LogP contribution in [0.5, 0.6) is 5.75 Å². The van der Waals surface area contributed by atoms with Gasteiger partial charge in [-0.25, -0.2) is 4.79 Å². The van der Waals surface area contributed by atoms with Gasteiger partial charge in [-0.15, -0.1) is 0 Å². The number of aromatic nitrogens is 1. The molecule has 2 aromatic carbocycles. The molecular formula is C23H28N4O2. The predicted molar refractivity (Wildman–Crippen MR) is 117 cm³/mol. The van der Waals surface area contributed by atoms with Crippen LogP contribution >= 0.6 is 0 Å². The Bertz CT molecular complexity index is 976. The minimum atomic E-state index is 0.0138. The van der Waals surface area contributed by atoms with Crippen LogP contribution in [0.3, 0.4) is 0 Å². The molecule has 1 aromatic heterocycles. The number of carbonyl (C=O) groups is 1. The number of methoxy groups -OCH3 is 1. The van der Waals surface area contributed by atoms with Crippen LogP contribution in [0.15, 0.2) is 54.7 Å². The lowest BCUT2D eigenvalue weighted by molar-refractivity contribution is 0.191. The van der Waals surface area contributed by atoms with E-state index in [9.17, 15) is 4.79 Å². The van der Waals surface area contributed by atoms with Gasteiger partial charge in [0.1, 0.15) is 5.75 Å². The summed E-state index contributed by atoms with van der Waals surface area (Å²) in [6.07, 6.45) is 2.75. The first-order chi connectivity index (χ1) is 14.1. The highest BCUT2D eigenvalue weighted by Crippen LogP contribution is 2.27. The van der Waals surface area contributed by atoms with Crippen LogP contribution in [-0.4, -0.2) is 55.2 Å². The van der Waals surface area contributed by atoms with Gasteiger partial charge in [-0.1, -0.05) is 18.2 Å². The van der Waals surface area contributed by atoms with Crippen molar-refractivity contribution < 1.29 is 9.53 Å². The molecule has 1 atom stereocenters. The second-order valence-corrected chi connectivity index (χ2v) is 7.60. The van der Waals surface area contributed by atoms with Crippen molar-refractivity contribution in [1.82, 2.24) is 15.2 Å². The van der Waals surface area contributed by atoms with E-state index in [4.69, 9.17) is 4.74 Å². The zero-order valence-electron chi connectivity index (χ0n) is 17.0. The molecule has 0 aliphatic carbocycles. The molecule has 3 aromatic rings. The third-order valence-corrected chi connectivity index (χ3v) is 5.53. The molecule has 1 saturated heterocycles. The Balaban J connectivity index is 1.31. The third kappa shape index (κ3) is 4.31. The quantitative estimate of drug-likeness (QED) is 0.697. The number of amides is 2. The molecule has 152 valence electrons. The fourth-order valence-electron chi connectivity index (χ4n) is 4.00. The fraction of sp³-hybridized carbons (Fsp3) is 0.348. The Kier molecular flexibility index (Phi) is 5.60. The van der Waals surface area contributed by atoms with Gasteiger partial charge in [0.2, 0.25) is 0 Å². The number of carbonyl (C=O) groups excluding carboxylic acids is 1. The van der Waals surface area contributed by atoms with Crippen molar-refractivity contribution in [3.05, 3.63) is 60.3 Å². The molecular weight excluding hydrogens is 364 g/mol. The lowest BCUT2D eigenvalue weighted by Crippen LogP contribution is -2.53. The average molecular weight is 393 g/mol. The highest BCUT2D eigenvalue weighted by molar-refractivity contribution is 5.92. The van der Waals surface area contributed by atoms with Crippen molar-refractivity contribution in [2.75, 3.05) is 38.2 Å². The maximum Gasteiger partial charge on any atom is 0.317 e. The van der Waals surface area contributed by atoms with Crippen LogP contribution in [0.1, 0.15) is 12.5 Å². The summed E-state index contributed by atoms with van der Waals surface area (Å²) in [5, 5.41) is 4.37. The molecule has 0 saturated carbocycles. The molecule has 1 unspecified atom stereocenters. The SMILES string of the molecule is COc1cccc(CC(C)NC(=O)N2CCN(c3cccc4[nH]ccc34)CC2)c1. The van der Waals surface area contributed by atoms with Crippen LogP contribution in [0.25, 0.3) is 10.9 Å². The van der Waals surface area contributed by atoms with Gasteiger partial charge in [-0.3, -0.25) is 0 Å². The van der Waals surface area contributed by atoms with Gasteiger partial charge < -0.3 is 24.8 Å². The number of rotatable bonds is 5. The first-order valence-electron chi connectivity index (χ1n) is 10.1. The van der Waals surface area contributed by atoms with Crippen molar-refractivity contribution in [2.45, 2.75) is 19.4 Å². The Hall–Kier alpha value is -3.15. The van der Waals surface area contributed by atoms with Crippen molar-refractivity contribution >= 4 is 22.6 Å². The lowest BCUT2D eigenvalue weighted by atomic mass is 10.1. The molecule has 29 heavy (non-hydrogen) atoms. The number of urea groups is 1. The van der Waals surface area contributed by atoms with Crippen LogP contribution in [-0.2, 0) is 6.42 Å². The van der Waals surface area contributed by atoms with E-state index in [-0.39, 0.29) is 12.1 Å². The van der Waals surface area contributed by atoms with E-state index in [0.29, 0.717) is 0 Å². The molecule has 0 radical (unpaired) electrons. The summed E-state index contributed by atoms with van der Waals surface area (Å²) in [5.74, 6) is 0.842. The van der Waals surface area contributed by atoms with Crippen LogP contribution in [0, 0.1) is 0 Å². The first kappa shape index (κ1) is 19.2. The van der Waals surface area contributed by atoms with Crippen molar-refractivity contribution in [3.63, 3.8) is 0 Å². The standard InChI is InChI=1S/C23H28N4O2/c1-17(15-18-5-3-6-19(16-18)29-2)25-23(28)27-13-11-26(12-14-27)22-8-4-7-21-20(22)9-10-24-21/h3-10,16-17,24H,11-15H2,1-2H3,(H,25,28). The number of H-pyrrole nitrogens is 1. The van der Waals surface area contributed by atoms with Crippen LogP contribution < -0.4 is 15.0 Å². The molecule has 2 N–H and O–H groups in total. The Labute approximate surface area is 171 Å². The molecule has 1 aliphatic rings. The maximum absolute atomic E-state index is 12.7. The molecule has 6 heteroatoms. The Morgan fingerprint density at radius 1 is 1.14 bits per heavy atom. The van der Waals surface area contributed by atoms with Gasteiger partial charge in [0.25, 0.3) is 0 Å². The summed E-state index contributed by atoms with van der Waals surface area (Å²) in [4.78, 5) is 20.2. The molecule has 0 spiro atoms. The normalized spacial score (nSPS) is 15.4. The van der Waals surface area contributed by atoms with E-state index >= 15 is 0 Å². The maximum atomic E-state index is 12.7. The van der Waals surface area contributed by atoms with Gasteiger partial charge in [-0.05, 0) is 49.2 Å². The minimum Gasteiger partial charge on any atom is -0.497 e. The number of hydrogen-bond donors (Lipinski definition) is 2. The average Bonchev–Trinajstić information content (AvgIpc) is 3.23. The number of piperazine rings is 1. The molecule has 2 amide bonds. The summed E-state index contributed by atoms with van der Waals surface area (Å²) in [7, 11) is 1.67. The minimum absolute atomic E-state index is 0.0138. The molecule has 1 fully saturated rings. The van der Waals surface area contributed by atoms with Crippen molar-refractivity contribution in [2.24, 2.45) is 0 Å². The van der Waals surface area contributed by atoms with E-state index in [1.807, 2.05) is 36.2 Å². The van der Waals surface area contributed by atoms with E-state index in [1.54, 1.807) is 7.11 Å². The molecule has 0 bridgehead atoms. The number of anilines is 1. The number of nitrogens with one attached hydrogen (secondary N) is 2. The molecule has 4 rings (SSSR count). The summed E-state index contributed by atoms with van der Waals surface area (Å²) in [6, 6.07) is 16.5. The number of fused-ring (bicyclic) bond motifs is 1. The number of nitrogens with zero attached hydrogens (tertiary/aromatic N) is 2. The van der Waals surface area contributed by atoms with E-state index < -0.39 is 0 Å². The smallest absolute Gasteiger partial charge is 0.317 e. The Morgan fingerprint density at radius 2 is 1.93 bits per heavy atom. The second-order valence-electron chi connectivity index (χ2n) is 7.60. The Morgan fingerprint density at radius 3 is 2.72 bits per heavy atom. The fourth-order valence-corrected chi connectivity index (χ4v) is 4.00. The van der Waals surface area contributed by atoms with E-state index in [0.717, 1.165) is 49.4 Å². The monoisotopic (exact) mass is 392 g/mol. The summed E-state index contributed by atoms with van der Waals surface area (Å²) < 4.78 is 5.28. The number of benzene rings is 2. The summed E-state index contributed by atoms with van der Waals surface area (Å²) in [5.41, 5.74) is 3.53. The number of aromatic amines is 1. The number of ether oxygens (including phenoxy) is 1. The van der Waals surface area contributed by atoms with Crippen molar-refractivity contribution in [1.29, 1.82) is 0 Å². The molecule has 2 heterocycles. The molecule has 6 nitrogen and oxygen atoms in total. The molecule has 1 aliphatic heterocycles. The predicted octanol–water partition coefficient (Wildman–Crippen LogP) is 3.64. The van der Waals surface area contributed by atoms with E-state index in [2.05, 4.69) is 45.5 Å². The zero-order chi connectivity index (χ0) is 20.2. The zero-order valence-corrected chi connectivity index (χ0v) is 17.0. The van der Waals surface area contributed by atoms with Gasteiger partial charge in [0, 0.05) is 55.0 Å². The van der Waals surface area contributed by atoms with Gasteiger partial charge >= 0.3 is 6.03 Å². The van der Waals surface area contributed by atoms with Gasteiger partial charge in [0.05, 0.1) is 7.11 Å². The first-order valence-corrected chi connectivity index (χ1v) is 10.1. The second kappa shape index (κ2) is 8.47. The summed E-state index contributed by atoms with van der Waals surface area (Å²) >= 11 is 0. The lowest BCUT2D eigenvalue weighted by Gasteiger charge is -2.36. The van der Waals surface area contributed by atoms with Gasteiger partial charge in [-0.2, -0.15) is 0 Å². The van der Waals surface area contributed by atoms with Gasteiger partial charge in [0.15, 0.2) is 0 Å². The van der Waals surface area contributed by atoms with Crippen LogP contribution in [0.2, 0.25) is 0 Å². The van der Waals surface area contributed by atoms with E-state index in [1.165, 1.54) is 11.1 Å². The summed E-state index contributed by atoms with van der Waals surface area (Å²) in [6.45, 7) is 5.15.